The maximum absolute atomic E-state index is 11.4. The molecule has 0 radical (unpaired) electrons. The molecule has 1 heterocycles. The Morgan fingerprint density at radius 3 is 2.71 bits per heavy atom. The van der Waals surface area contributed by atoms with Crippen LogP contribution in [0.5, 0.6) is 0 Å². The lowest BCUT2D eigenvalue weighted by Crippen LogP contribution is -2.32. The zero-order valence-corrected chi connectivity index (χ0v) is 8.36. The van der Waals surface area contributed by atoms with Crippen LogP contribution in [0.25, 0.3) is 0 Å². The van der Waals surface area contributed by atoms with E-state index in [1.165, 1.54) is 5.56 Å². The molecule has 2 heteroatoms. The quantitative estimate of drug-likeness (QED) is 0.767. The first-order valence-corrected chi connectivity index (χ1v) is 5.08. The van der Waals surface area contributed by atoms with Gasteiger partial charge >= 0.3 is 0 Å². The van der Waals surface area contributed by atoms with Crippen molar-refractivity contribution < 1.29 is 4.79 Å². The van der Waals surface area contributed by atoms with Gasteiger partial charge in [0, 0.05) is 5.92 Å². The van der Waals surface area contributed by atoms with Crippen LogP contribution in [0.2, 0.25) is 0 Å². The molecule has 1 aromatic carbocycles. The fourth-order valence-electron chi connectivity index (χ4n) is 2.19. The van der Waals surface area contributed by atoms with Crippen molar-refractivity contribution in [1.29, 1.82) is 0 Å². The third-order valence-electron chi connectivity index (χ3n) is 2.89. The molecule has 1 saturated heterocycles. The monoisotopic (exact) mass is 189 g/mol. The maximum Gasteiger partial charge on any atom is 0.147 e. The molecule has 0 unspecified atom stereocenters. The fraction of sp³-hybridized carbons (Fsp3) is 0.417. The van der Waals surface area contributed by atoms with Gasteiger partial charge in [0.15, 0.2) is 0 Å². The van der Waals surface area contributed by atoms with E-state index in [4.69, 9.17) is 0 Å². The first-order valence-electron chi connectivity index (χ1n) is 5.08. The average Bonchev–Trinajstić information content (AvgIpc) is 2.67. The molecule has 1 aliphatic rings. The predicted octanol–water partition coefficient (Wildman–Crippen LogP) is 1.72. The van der Waals surface area contributed by atoms with Crippen LogP contribution in [-0.2, 0) is 4.79 Å². The van der Waals surface area contributed by atoms with Gasteiger partial charge in [0.25, 0.3) is 0 Å². The summed E-state index contributed by atoms with van der Waals surface area (Å²) in [6, 6.07) is 10.3. The average molecular weight is 189 g/mol. The van der Waals surface area contributed by atoms with Crippen LogP contribution in [0.3, 0.4) is 0 Å². The summed E-state index contributed by atoms with van der Waals surface area (Å²) in [6.07, 6.45) is 1.06. The highest BCUT2D eigenvalue weighted by atomic mass is 16.1. The third-order valence-corrected chi connectivity index (χ3v) is 2.89. The summed E-state index contributed by atoms with van der Waals surface area (Å²) < 4.78 is 0. The number of carbonyl (C=O) groups is 1. The van der Waals surface area contributed by atoms with E-state index in [-0.39, 0.29) is 11.8 Å². The van der Waals surface area contributed by atoms with Gasteiger partial charge in [0.2, 0.25) is 0 Å². The number of rotatable bonds is 2. The standard InChI is InChI=1S/C12H15NO/c1-9(14)12-11(7-8-13-12)10-5-3-2-4-6-10/h2-6,11-13H,7-8H2,1H3/t11-,12-/m1/s1. The van der Waals surface area contributed by atoms with Crippen molar-refractivity contribution in [2.45, 2.75) is 25.3 Å². The van der Waals surface area contributed by atoms with Gasteiger partial charge in [0.1, 0.15) is 5.78 Å². The molecule has 2 rings (SSSR count). The number of nitrogens with one attached hydrogen (secondary N) is 1. The summed E-state index contributed by atoms with van der Waals surface area (Å²) >= 11 is 0. The third kappa shape index (κ3) is 1.70. The normalized spacial score (nSPS) is 26.4. The van der Waals surface area contributed by atoms with Gasteiger partial charge in [-0.3, -0.25) is 4.79 Å². The van der Waals surface area contributed by atoms with E-state index in [1.807, 2.05) is 18.2 Å². The Kier molecular flexibility index (Phi) is 2.64. The number of benzene rings is 1. The highest BCUT2D eigenvalue weighted by molar-refractivity contribution is 5.83. The minimum Gasteiger partial charge on any atom is -0.307 e. The molecule has 0 spiro atoms. The van der Waals surface area contributed by atoms with Gasteiger partial charge in [-0.05, 0) is 25.5 Å². The van der Waals surface area contributed by atoms with Crippen LogP contribution >= 0.6 is 0 Å². The van der Waals surface area contributed by atoms with E-state index < -0.39 is 0 Å². The van der Waals surface area contributed by atoms with E-state index in [9.17, 15) is 4.79 Å². The van der Waals surface area contributed by atoms with Crippen molar-refractivity contribution in [2.75, 3.05) is 6.54 Å². The van der Waals surface area contributed by atoms with Crippen molar-refractivity contribution in [2.24, 2.45) is 0 Å². The van der Waals surface area contributed by atoms with Crippen LogP contribution in [0.15, 0.2) is 30.3 Å². The molecule has 1 N–H and O–H groups in total. The molecular weight excluding hydrogens is 174 g/mol. The second kappa shape index (κ2) is 3.93. The van der Waals surface area contributed by atoms with Crippen LogP contribution < -0.4 is 5.32 Å². The van der Waals surface area contributed by atoms with Crippen LogP contribution in [0.4, 0.5) is 0 Å². The Morgan fingerprint density at radius 2 is 2.07 bits per heavy atom. The molecule has 1 fully saturated rings. The second-order valence-electron chi connectivity index (χ2n) is 3.85. The largest absolute Gasteiger partial charge is 0.307 e. The van der Waals surface area contributed by atoms with E-state index >= 15 is 0 Å². The first kappa shape index (κ1) is 9.41. The maximum atomic E-state index is 11.4. The van der Waals surface area contributed by atoms with E-state index in [0.717, 1.165) is 13.0 Å². The highest BCUT2D eigenvalue weighted by Gasteiger charge is 2.30. The van der Waals surface area contributed by atoms with Crippen LogP contribution in [0, 0.1) is 0 Å². The molecular formula is C12H15NO. The number of ketones is 1. The van der Waals surface area contributed by atoms with Gasteiger partial charge in [-0.1, -0.05) is 30.3 Å². The highest BCUT2D eigenvalue weighted by Crippen LogP contribution is 2.27. The molecule has 2 atom stereocenters. The van der Waals surface area contributed by atoms with Gasteiger partial charge in [-0.25, -0.2) is 0 Å². The molecule has 1 aromatic rings. The first-order chi connectivity index (χ1) is 6.79. The van der Waals surface area contributed by atoms with E-state index in [0.29, 0.717) is 5.92 Å². The molecule has 0 saturated carbocycles. The Morgan fingerprint density at radius 1 is 1.36 bits per heavy atom. The topological polar surface area (TPSA) is 29.1 Å². The fourth-order valence-corrected chi connectivity index (χ4v) is 2.19. The predicted molar refractivity (Wildman–Crippen MR) is 56.3 cm³/mol. The second-order valence-corrected chi connectivity index (χ2v) is 3.85. The van der Waals surface area contributed by atoms with Gasteiger partial charge in [-0.15, -0.1) is 0 Å². The van der Waals surface area contributed by atoms with Crippen molar-refractivity contribution in [3.05, 3.63) is 35.9 Å². The summed E-state index contributed by atoms with van der Waals surface area (Å²) in [5, 5.41) is 3.26. The lowest BCUT2D eigenvalue weighted by molar-refractivity contribution is -0.118. The lowest BCUT2D eigenvalue weighted by atomic mass is 9.90. The minimum atomic E-state index is 0.0254. The molecule has 0 amide bonds. The van der Waals surface area contributed by atoms with Crippen LogP contribution in [0.1, 0.15) is 24.8 Å². The van der Waals surface area contributed by atoms with Gasteiger partial charge < -0.3 is 5.32 Å². The molecule has 1 aliphatic heterocycles. The van der Waals surface area contributed by atoms with Crippen molar-refractivity contribution in [3.63, 3.8) is 0 Å². The Labute approximate surface area is 84.3 Å². The Bertz CT molecular complexity index is 320. The molecule has 2 nitrogen and oxygen atoms in total. The zero-order chi connectivity index (χ0) is 9.97. The number of Topliss-reactive ketones (excluding diaryl/α,β-unsaturated/α-hetero) is 1. The molecule has 14 heavy (non-hydrogen) atoms. The SMILES string of the molecule is CC(=O)[C@H]1NCC[C@@H]1c1ccccc1. The smallest absolute Gasteiger partial charge is 0.147 e. The summed E-state index contributed by atoms with van der Waals surface area (Å²) in [6.45, 7) is 2.61. The van der Waals surface area contributed by atoms with Crippen LogP contribution in [-0.4, -0.2) is 18.4 Å². The van der Waals surface area contributed by atoms with E-state index in [2.05, 4.69) is 17.4 Å². The van der Waals surface area contributed by atoms with Crippen molar-refractivity contribution >= 4 is 5.78 Å². The number of hydrogen-bond acceptors (Lipinski definition) is 2. The molecule has 0 aliphatic carbocycles. The number of hydrogen-bond donors (Lipinski definition) is 1. The summed E-state index contributed by atoms with van der Waals surface area (Å²) in [7, 11) is 0. The lowest BCUT2D eigenvalue weighted by Gasteiger charge is -2.16. The number of carbonyl (C=O) groups excluding carboxylic acids is 1. The minimum absolute atomic E-state index is 0.0254. The molecule has 0 bridgehead atoms. The Hall–Kier alpha value is -1.15. The molecule has 0 aromatic heterocycles. The summed E-state index contributed by atoms with van der Waals surface area (Å²) in [4.78, 5) is 11.4. The van der Waals surface area contributed by atoms with Crippen molar-refractivity contribution in [1.82, 2.24) is 5.32 Å². The summed E-state index contributed by atoms with van der Waals surface area (Å²) in [5.74, 6) is 0.616. The molecule has 74 valence electrons. The summed E-state index contributed by atoms with van der Waals surface area (Å²) in [5.41, 5.74) is 1.28. The van der Waals surface area contributed by atoms with E-state index in [1.54, 1.807) is 6.92 Å². The van der Waals surface area contributed by atoms with Crippen molar-refractivity contribution in [3.8, 4) is 0 Å². The zero-order valence-electron chi connectivity index (χ0n) is 8.36. The van der Waals surface area contributed by atoms with Gasteiger partial charge in [0.05, 0.1) is 6.04 Å². The Balaban J connectivity index is 2.22. The van der Waals surface area contributed by atoms with Gasteiger partial charge in [-0.2, -0.15) is 0 Å².